The lowest BCUT2D eigenvalue weighted by molar-refractivity contribution is -0.131. The molecular formula is C17H21N3OS. The summed E-state index contributed by atoms with van der Waals surface area (Å²) in [7, 11) is 1.86. The minimum absolute atomic E-state index is 0.184. The van der Waals surface area contributed by atoms with Crippen LogP contribution in [0.25, 0.3) is 0 Å². The van der Waals surface area contributed by atoms with E-state index in [0.717, 1.165) is 30.1 Å². The number of carbonyl (C=O) groups is 1. The monoisotopic (exact) mass is 315 g/mol. The van der Waals surface area contributed by atoms with Crippen LogP contribution in [0.1, 0.15) is 34.2 Å². The molecule has 3 heterocycles. The van der Waals surface area contributed by atoms with Gasteiger partial charge in [0.2, 0.25) is 5.91 Å². The van der Waals surface area contributed by atoms with Gasteiger partial charge in [0, 0.05) is 29.5 Å². The molecule has 5 heteroatoms. The summed E-state index contributed by atoms with van der Waals surface area (Å²) in [6.45, 7) is 2.93. The molecule has 1 N–H and O–H groups in total. The number of hydrogen-bond acceptors (Lipinski definition) is 4. The van der Waals surface area contributed by atoms with Gasteiger partial charge in [-0.15, -0.1) is 11.3 Å². The molecule has 1 fully saturated rings. The topological polar surface area (TPSA) is 45.2 Å². The van der Waals surface area contributed by atoms with Crippen LogP contribution in [0.15, 0.2) is 30.5 Å². The standard InChI is InChI=1S/C17H21N3OS/c1-12-5-6-14(22-12)11-17(21)20-9-3-4-15(20)13-7-8-19-16(10-13)18-2/h5-8,10,15H,3-4,9,11H2,1-2H3,(H,18,19). The van der Waals surface area contributed by atoms with Crippen LogP contribution in [0.4, 0.5) is 5.82 Å². The van der Waals surface area contributed by atoms with Gasteiger partial charge in [0.1, 0.15) is 5.82 Å². The summed E-state index contributed by atoms with van der Waals surface area (Å²) in [5, 5.41) is 3.06. The van der Waals surface area contributed by atoms with E-state index in [2.05, 4.69) is 29.4 Å². The summed E-state index contributed by atoms with van der Waals surface area (Å²) >= 11 is 1.71. The summed E-state index contributed by atoms with van der Waals surface area (Å²) in [6, 6.07) is 8.40. The number of carbonyl (C=O) groups excluding carboxylic acids is 1. The molecule has 0 aliphatic carbocycles. The Morgan fingerprint density at radius 2 is 2.32 bits per heavy atom. The largest absolute Gasteiger partial charge is 0.373 e. The molecule has 1 atom stereocenters. The molecule has 4 nitrogen and oxygen atoms in total. The molecule has 0 aromatic carbocycles. The van der Waals surface area contributed by atoms with Crippen LogP contribution in [0, 0.1) is 6.92 Å². The second-order valence-electron chi connectivity index (χ2n) is 5.66. The second kappa shape index (κ2) is 6.48. The summed E-state index contributed by atoms with van der Waals surface area (Å²) < 4.78 is 0. The van der Waals surface area contributed by atoms with Crippen molar-refractivity contribution in [1.82, 2.24) is 9.88 Å². The van der Waals surface area contributed by atoms with E-state index in [9.17, 15) is 4.79 Å². The van der Waals surface area contributed by atoms with Crippen molar-refractivity contribution in [3.8, 4) is 0 Å². The minimum Gasteiger partial charge on any atom is -0.373 e. The number of aromatic nitrogens is 1. The van der Waals surface area contributed by atoms with Crippen molar-refractivity contribution in [3.05, 3.63) is 45.8 Å². The van der Waals surface area contributed by atoms with Crippen molar-refractivity contribution in [1.29, 1.82) is 0 Å². The van der Waals surface area contributed by atoms with E-state index in [-0.39, 0.29) is 11.9 Å². The maximum Gasteiger partial charge on any atom is 0.228 e. The fraction of sp³-hybridized carbons (Fsp3) is 0.412. The zero-order chi connectivity index (χ0) is 15.5. The first-order chi connectivity index (χ1) is 10.7. The van der Waals surface area contributed by atoms with Gasteiger partial charge >= 0.3 is 0 Å². The van der Waals surface area contributed by atoms with Gasteiger partial charge in [-0.05, 0) is 49.6 Å². The third-order valence-corrected chi connectivity index (χ3v) is 5.12. The number of hydrogen-bond donors (Lipinski definition) is 1. The smallest absolute Gasteiger partial charge is 0.228 e. The highest BCUT2D eigenvalue weighted by molar-refractivity contribution is 7.12. The zero-order valence-corrected chi connectivity index (χ0v) is 13.8. The fourth-order valence-electron chi connectivity index (χ4n) is 3.03. The SMILES string of the molecule is CNc1cc(C2CCCN2C(=O)Cc2ccc(C)s2)ccn1. The molecule has 1 aliphatic rings. The Balaban J connectivity index is 1.75. The molecule has 0 saturated carbocycles. The first-order valence-electron chi connectivity index (χ1n) is 7.66. The van der Waals surface area contributed by atoms with Crippen molar-refractivity contribution in [2.75, 3.05) is 18.9 Å². The fourth-order valence-corrected chi connectivity index (χ4v) is 3.91. The number of anilines is 1. The lowest BCUT2D eigenvalue weighted by atomic mass is 10.1. The van der Waals surface area contributed by atoms with Gasteiger partial charge in [0.15, 0.2) is 0 Å². The van der Waals surface area contributed by atoms with Crippen LogP contribution in [0.2, 0.25) is 0 Å². The second-order valence-corrected chi connectivity index (χ2v) is 7.03. The molecule has 2 aromatic heterocycles. The summed E-state index contributed by atoms with van der Waals surface area (Å²) in [4.78, 5) is 21.4. The van der Waals surface area contributed by atoms with E-state index >= 15 is 0 Å². The predicted molar refractivity (Wildman–Crippen MR) is 90.2 cm³/mol. The molecule has 1 amide bonds. The summed E-state index contributed by atoms with van der Waals surface area (Å²) in [5.41, 5.74) is 1.17. The number of nitrogens with zero attached hydrogens (tertiary/aromatic N) is 2. The highest BCUT2D eigenvalue weighted by atomic mass is 32.1. The van der Waals surface area contributed by atoms with Crippen LogP contribution < -0.4 is 5.32 Å². The first kappa shape index (κ1) is 15.0. The van der Waals surface area contributed by atoms with E-state index in [4.69, 9.17) is 0 Å². The quantitative estimate of drug-likeness (QED) is 0.940. The average molecular weight is 315 g/mol. The Morgan fingerprint density at radius 3 is 3.05 bits per heavy atom. The maximum absolute atomic E-state index is 12.7. The van der Waals surface area contributed by atoms with Crippen LogP contribution >= 0.6 is 11.3 Å². The van der Waals surface area contributed by atoms with E-state index in [0.29, 0.717) is 6.42 Å². The van der Waals surface area contributed by atoms with E-state index in [1.165, 1.54) is 10.4 Å². The molecule has 22 heavy (non-hydrogen) atoms. The molecule has 0 spiro atoms. The average Bonchev–Trinajstić information content (AvgIpc) is 3.16. The Bertz CT molecular complexity index is 667. The number of aryl methyl sites for hydroxylation is 1. The van der Waals surface area contributed by atoms with Gasteiger partial charge in [-0.3, -0.25) is 4.79 Å². The first-order valence-corrected chi connectivity index (χ1v) is 8.47. The minimum atomic E-state index is 0.184. The van der Waals surface area contributed by atoms with Gasteiger partial charge in [0.25, 0.3) is 0 Å². The van der Waals surface area contributed by atoms with Crippen molar-refractivity contribution in [2.24, 2.45) is 0 Å². The summed E-state index contributed by atoms with van der Waals surface area (Å²) in [6.07, 6.45) is 4.42. The summed E-state index contributed by atoms with van der Waals surface area (Å²) in [5.74, 6) is 1.08. The predicted octanol–water partition coefficient (Wildman–Crippen LogP) is 3.40. The van der Waals surface area contributed by atoms with E-state index in [1.54, 1.807) is 11.3 Å². The Hall–Kier alpha value is -1.88. The van der Waals surface area contributed by atoms with Crippen molar-refractivity contribution < 1.29 is 4.79 Å². The zero-order valence-electron chi connectivity index (χ0n) is 13.0. The van der Waals surface area contributed by atoms with Gasteiger partial charge < -0.3 is 10.2 Å². The Morgan fingerprint density at radius 1 is 1.45 bits per heavy atom. The lowest BCUT2D eigenvalue weighted by Gasteiger charge is -2.25. The highest BCUT2D eigenvalue weighted by Gasteiger charge is 2.30. The highest BCUT2D eigenvalue weighted by Crippen LogP contribution is 2.33. The van der Waals surface area contributed by atoms with Crippen molar-refractivity contribution in [2.45, 2.75) is 32.2 Å². The molecule has 2 aromatic rings. The number of thiophene rings is 1. The van der Waals surface area contributed by atoms with Gasteiger partial charge in [-0.25, -0.2) is 4.98 Å². The number of nitrogens with one attached hydrogen (secondary N) is 1. The van der Waals surface area contributed by atoms with Crippen LogP contribution in [-0.4, -0.2) is 29.4 Å². The third-order valence-electron chi connectivity index (χ3n) is 4.12. The molecular weight excluding hydrogens is 294 g/mol. The van der Waals surface area contributed by atoms with E-state index in [1.807, 2.05) is 30.3 Å². The molecule has 1 aliphatic heterocycles. The molecule has 1 unspecified atom stereocenters. The molecule has 0 bridgehead atoms. The normalized spacial score (nSPS) is 17.7. The maximum atomic E-state index is 12.7. The number of pyridine rings is 1. The van der Waals surface area contributed by atoms with Crippen LogP contribution in [0.3, 0.4) is 0 Å². The van der Waals surface area contributed by atoms with Crippen molar-refractivity contribution >= 4 is 23.1 Å². The molecule has 0 radical (unpaired) electrons. The molecule has 116 valence electrons. The van der Waals surface area contributed by atoms with Gasteiger partial charge in [0.05, 0.1) is 12.5 Å². The third kappa shape index (κ3) is 3.14. The van der Waals surface area contributed by atoms with Gasteiger partial charge in [-0.2, -0.15) is 0 Å². The van der Waals surface area contributed by atoms with Gasteiger partial charge in [-0.1, -0.05) is 0 Å². The van der Waals surface area contributed by atoms with E-state index < -0.39 is 0 Å². The van der Waals surface area contributed by atoms with Crippen LogP contribution in [0.5, 0.6) is 0 Å². The Kier molecular flexibility index (Phi) is 4.43. The number of amides is 1. The van der Waals surface area contributed by atoms with Crippen molar-refractivity contribution in [3.63, 3.8) is 0 Å². The van der Waals surface area contributed by atoms with Crippen LogP contribution in [-0.2, 0) is 11.2 Å². The Labute approximate surface area is 135 Å². The molecule has 1 saturated heterocycles. The molecule has 3 rings (SSSR count). The number of rotatable bonds is 4. The lowest BCUT2D eigenvalue weighted by Crippen LogP contribution is -2.31. The number of likely N-dealkylation sites (tertiary alicyclic amines) is 1.